The zero-order chi connectivity index (χ0) is 14.8. The van der Waals surface area contributed by atoms with E-state index in [2.05, 4.69) is 15.3 Å². The van der Waals surface area contributed by atoms with Gasteiger partial charge in [0.15, 0.2) is 11.6 Å². The molecule has 1 heterocycles. The van der Waals surface area contributed by atoms with E-state index in [1.165, 1.54) is 25.2 Å². The minimum atomic E-state index is -4.72. The van der Waals surface area contributed by atoms with Crippen molar-refractivity contribution in [2.24, 2.45) is 0 Å². The van der Waals surface area contributed by atoms with Crippen molar-refractivity contribution in [3.05, 3.63) is 42.0 Å². The summed E-state index contributed by atoms with van der Waals surface area (Å²) in [4.78, 5) is 6.49. The van der Waals surface area contributed by atoms with Crippen LogP contribution in [0.2, 0.25) is 0 Å². The molecule has 0 saturated heterocycles. The highest BCUT2D eigenvalue weighted by atomic mass is 19.4. The van der Waals surface area contributed by atoms with Crippen LogP contribution < -0.4 is 10.1 Å². The molecular formula is C12H9F4N3O. The van der Waals surface area contributed by atoms with Crippen LogP contribution in [0.4, 0.5) is 23.4 Å². The highest BCUT2D eigenvalue weighted by Gasteiger charge is 2.35. The summed E-state index contributed by atoms with van der Waals surface area (Å²) in [6, 6.07) is 6.47. The molecule has 106 valence electrons. The average molecular weight is 287 g/mol. The van der Waals surface area contributed by atoms with Crippen LogP contribution in [-0.4, -0.2) is 17.0 Å². The molecule has 0 fully saturated rings. The molecule has 0 aliphatic carbocycles. The molecule has 1 aromatic carbocycles. The van der Waals surface area contributed by atoms with Gasteiger partial charge < -0.3 is 10.1 Å². The van der Waals surface area contributed by atoms with Crippen LogP contribution in [0.1, 0.15) is 5.82 Å². The van der Waals surface area contributed by atoms with E-state index in [0.29, 0.717) is 0 Å². The van der Waals surface area contributed by atoms with Gasteiger partial charge in [0.1, 0.15) is 5.82 Å². The lowest BCUT2D eigenvalue weighted by atomic mass is 10.3. The molecule has 0 aliphatic rings. The van der Waals surface area contributed by atoms with Crippen molar-refractivity contribution in [3.63, 3.8) is 0 Å². The number of hydrogen-bond donors (Lipinski definition) is 1. The topological polar surface area (TPSA) is 47.0 Å². The second-order valence-electron chi connectivity index (χ2n) is 3.70. The molecule has 0 saturated carbocycles. The van der Waals surface area contributed by atoms with Crippen LogP contribution in [0.3, 0.4) is 0 Å². The number of nitrogens with zero attached hydrogens (tertiary/aromatic N) is 2. The molecule has 0 spiro atoms. The fourth-order valence-electron chi connectivity index (χ4n) is 1.37. The van der Waals surface area contributed by atoms with E-state index >= 15 is 0 Å². The Labute approximate surface area is 111 Å². The molecule has 1 aromatic heterocycles. The van der Waals surface area contributed by atoms with Crippen molar-refractivity contribution in [3.8, 4) is 11.6 Å². The summed E-state index contributed by atoms with van der Waals surface area (Å²) >= 11 is 0. The Hall–Kier alpha value is -2.38. The van der Waals surface area contributed by atoms with E-state index in [-0.39, 0.29) is 11.6 Å². The van der Waals surface area contributed by atoms with Gasteiger partial charge in [0.2, 0.25) is 11.7 Å². The first-order valence-corrected chi connectivity index (χ1v) is 5.46. The Morgan fingerprint density at radius 2 is 1.85 bits per heavy atom. The van der Waals surface area contributed by atoms with Gasteiger partial charge in [-0.25, -0.2) is 9.37 Å². The molecule has 4 nitrogen and oxygen atoms in total. The van der Waals surface area contributed by atoms with Crippen molar-refractivity contribution in [1.82, 2.24) is 9.97 Å². The molecule has 0 amide bonds. The second kappa shape index (κ2) is 5.32. The number of ether oxygens (including phenoxy) is 1. The first kappa shape index (κ1) is 14.0. The second-order valence-corrected chi connectivity index (χ2v) is 3.70. The maximum absolute atomic E-state index is 13.4. The summed E-state index contributed by atoms with van der Waals surface area (Å²) in [7, 11) is 1.40. The molecule has 1 N–H and O–H groups in total. The van der Waals surface area contributed by atoms with E-state index in [0.717, 1.165) is 12.1 Å². The molecule has 0 unspecified atom stereocenters. The number of alkyl halides is 3. The number of rotatable bonds is 3. The van der Waals surface area contributed by atoms with Crippen LogP contribution in [0.5, 0.6) is 11.6 Å². The van der Waals surface area contributed by atoms with Gasteiger partial charge in [0, 0.05) is 13.1 Å². The average Bonchev–Trinajstić information content (AvgIpc) is 2.40. The maximum atomic E-state index is 13.4. The lowest BCUT2D eigenvalue weighted by Crippen LogP contribution is -2.13. The minimum Gasteiger partial charge on any atom is -0.436 e. The van der Waals surface area contributed by atoms with Crippen molar-refractivity contribution in [1.29, 1.82) is 0 Å². The number of anilines is 1. The lowest BCUT2D eigenvalue weighted by Gasteiger charge is -2.11. The zero-order valence-electron chi connectivity index (χ0n) is 10.2. The molecule has 0 radical (unpaired) electrons. The third kappa shape index (κ3) is 3.14. The van der Waals surface area contributed by atoms with Gasteiger partial charge in [-0.1, -0.05) is 12.1 Å². The molecule has 8 heteroatoms. The molecule has 2 rings (SSSR count). The van der Waals surface area contributed by atoms with Gasteiger partial charge in [-0.3, -0.25) is 0 Å². The van der Waals surface area contributed by atoms with Gasteiger partial charge >= 0.3 is 6.18 Å². The molecular weight excluding hydrogens is 278 g/mol. The van der Waals surface area contributed by atoms with E-state index in [4.69, 9.17) is 4.74 Å². The van der Waals surface area contributed by atoms with E-state index in [1.54, 1.807) is 0 Å². The number of nitrogens with one attached hydrogen (secondary N) is 1. The lowest BCUT2D eigenvalue weighted by molar-refractivity contribution is -0.145. The van der Waals surface area contributed by atoms with Gasteiger partial charge in [-0.05, 0) is 12.1 Å². The summed E-state index contributed by atoms with van der Waals surface area (Å²) in [6.45, 7) is 0. The summed E-state index contributed by atoms with van der Waals surface area (Å²) < 4.78 is 56.3. The predicted octanol–water partition coefficient (Wildman–Crippen LogP) is 3.47. The van der Waals surface area contributed by atoms with Crippen molar-refractivity contribution in [2.45, 2.75) is 6.18 Å². The largest absolute Gasteiger partial charge is 0.451 e. The van der Waals surface area contributed by atoms with Gasteiger partial charge in [-0.15, -0.1) is 0 Å². The third-order valence-corrected chi connectivity index (χ3v) is 2.26. The van der Waals surface area contributed by atoms with E-state index < -0.39 is 23.7 Å². The van der Waals surface area contributed by atoms with Crippen LogP contribution in [-0.2, 0) is 6.18 Å². The first-order valence-electron chi connectivity index (χ1n) is 5.46. The molecule has 0 atom stereocenters. The highest BCUT2D eigenvalue weighted by molar-refractivity contribution is 5.40. The van der Waals surface area contributed by atoms with Crippen LogP contribution in [0.25, 0.3) is 0 Å². The van der Waals surface area contributed by atoms with Crippen molar-refractivity contribution < 1.29 is 22.3 Å². The zero-order valence-corrected chi connectivity index (χ0v) is 10.2. The van der Waals surface area contributed by atoms with Crippen LogP contribution in [0, 0.1) is 5.82 Å². The normalized spacial score (nSPS) is 11.2. The quantitative estimate of drug-likeness (QED) is 0.878. The summed E-state index contributed by atoms with van der Waals surface area (Å²) in [6.07, 6.45) is -4.72. The summed E-state index contributed by atoms with van der Waals surface area (Å²) in [5, 5.41) is 2.46. The minimum absolute atomic E-state index is 0.0846. The van der Waals surface area contributed by atoms with Gasteiger partial charge in [0.05, 0.1) is 0 Å². The Kier molecular flexibility index (Phi) is 3.73. The molecule has 2 aromatic rings. The first-order chi connectivity index (χ1) is 9.40. The summed E-state index contributed by atoms with van der Waals surface area (Å²) in [5.74, 6) is -2.77. The Morgan fingerprint density at radius 3 is 2.45 bits per heavy atom. The van der Waals surface area contributed by atoms with Crippen molar-refractivity contribution >= 4 is 5.82 Å². The predicted molar refractivity (Wildman–Crippen MR) is 63.1 cm³/mol. The molecule has 20 heavy (non-hydrogen) atoms. The Balaban J connectivity index is 2.39. The third-order valence-electron chi connectivity index (χ3n) is 2.26. The Bertz CT molecular complexity index is 616. The number of aromatic nitrogens is 2. The smallest absolute Gasteiger partial charge is 0.436 e. The standard InChI is InChI=1S/C12H9F4N3O/c1-17-9-6-10(19-11(18-9)12(14,15)16)20-8-5-3-2-4-7(8)13/h2-6H,1H3,(H,17,18,19). The molecule has 0 aliphatic heterocycles. The van der Waals surface area contributed by atoms with E-state index in [9.17, 15) is 17.6 Å². The fraction of sp³-hybridized carbons (Fsp3) is 0.167. The number of benzene rings is 1. The fourth-order valence-corrected chi connectivity index (χ4v) is 1.37. The SMILES string of the molecule is CNc1cc(Oc2ccccc2F)nc(C(F)(F)F)n1. The van der Waals surface area contributed by atoms with Gasteiger partial charge in [0.25, 0.3) is 0 Å². The monoisotopic (exact) mass is 287 g/mol. The summed E-state index contributed by atoms with van der Waals surface area (Å²) in [5.41, 5.74) is 0. The molecule has 0 bridgehead atoms. The van der Waals surface area contributed by atoms with Crippen LogP contribution >= 0.6 is 0 Å². The van der Waals surface area contributed by atoms with Crippen molar-refractivity contribution in [2.75, 3.05) is 12.4 Å². The van der Waals surface area contributed by atoms with Crippen LogP contribution in [0.15, 0.2) is 30.3 Å². The maximum Gasteiger partial charge on any atom is 0.451 e. The Morgan fingerprint density at radius 1 is 1.15 bits per heavy atom. The van der Waals surface area contributed by atoms with Gasteiger partial charge in [-0.2, -0.15) is 18.2 Å². The number of para-hydroxylation sites is 1. The number of hydrogen-bond acceptors (Lipinski definition) is 4. The highest BCUT2D eigenvalue weighted by Crippen LogP contribution is 2.30. The van der Waals surface area contributed by atoms with E-state index in [1.807, 2.05) is 0 Å². The number of halogens is 4.